The van der Waals surface area contributed by atoms with Gasteiger partial charge in [0.2, 0.25) is 0 Å². The van der Waals surface area contributed by atoms with Gasteiger partial charge >= 0.3 is 17.9 Å². The van der Waals surface area contributed by atoms with E-state index in [4.69, 9.17) is 14.2 Å². The molecule has 0 bridgehead atoms. The topological polar surface area (TPSA) is 85.4 Å². The van der Waals surface area contributed by atoms with E-state index >= 15 is 0 Å². The lowest BCUT2D eigenvalue weighted by Gasteiger charge is -2.41. The largest absolute Gasteiger partial charge is 0.465 e. The fraction of sp³-hybridized carbons (Fsp3) is 0.804. The van der Waals surface area contributed by atoms with Gasteiger partial charge in [-0.05, 0) is 129 Å². The Kier molecular flexibility index (Phi) is 25.5. The second-order valence-electron chi connectivity index (χ2n) is 17.0. The average Bonchev–Trinajstić information content (AvgIpc) is 3.15. The summed E-state index contributed by atoms with van der Waals surface area (Å²) < 4.78 is 17.1. The highest BCUT2D eigenvalue weighted by Gasteiger charge is 2.32. The molecule has 2 fully saturated rings. The second-order valence-corrected chi connectivity index (χ2v) is 17.0. The minimum Gasteiger partial charge on any atom is -0.465 e. The molecule has 2 rings (SSSR count). The van der Waals surface area contributed by atoms with Crippen molar-refractivity contribution in [1.82, 2.24) is 9.80 Å². The van der Waals surface area contributed by atoms with E-state index in [1.54, 1.807) is 0 Å². The van der Waals surface area contributed by atoms with Crippen LogP contribution < -0.4 is 0 Å². The highest BCUT2D eigenvalue weighted by molar-refractivity contribution is 5.72. The number of piperidine rings is 2. The number of unbranched alkanes of at least 4 members (excludes halogenated alkanes) is 8. The third kappa shape index (κ3) is 22.8. The second kappa shape index (κ2) is 28.9. The fourth-order valence-corrected chi connectivity index (χ4v) is 7.83. The average molecular weight is 757 g/mol. The molecule has 2 saturated heterocycles. The Labute approximate surface area is 330 Å². The van der Waals surface area contributed by atoms with Crippen LogP contribution in [0.25, 0.3) is 0 Å². The van der Waals surface area contributed by atoms with Gasteiger partial charge in [0, 0.05) is 18.9 Å². The van der Waals surface area contributed by atoms with Gasteiger partial charge in [0.1, 0.15) is 19.8 Å². The van der Waals surface area contributed by atoms with Gasteiger partial charge in [-0.3, -0.25) is 14.4 Å². The van der Waals surface area contributed by atoms with Gasteiger partial charge in [0.05, 0.1) is 11.8 Å². The van der Waals surface area contributed by atoms with Crippen molar-refractivity contribution in [2.24, 2.45) is 17.3 Å². The van der Waals surface area contributed by atoms with Gasteiger partial charge in [-0.25, -0.2) is 0 Å². The number of carbonyl (C=O) groups is 3. The van der Waals surface area contributed by atoms with Crippen LogP contribution >= 0.6 is 0 Å². The molecular weight excluding hydrogens is 677 g/mol. The van der Waals surface area contributed by atoms with Gasteiger partial charge in [-0.1, -0.05) is 89.7 Å². The van der Waals surface area contributed by atoms with E-state index in [1.165, 1.54) is 44.9 Å². The molecule has 0 N–H and O–H groups in total. The van der Waals surface area contributed by atoms with E-state index in [0.717, 1.165) is 109 Å². The molecule has 2 heterocycles. The monoisotopic (exact) mass is 757 g/mol. The highest BCUT2D eigenvalue weighted by atomic mass is 16.6. The van der Waals surface area contributed by atoms with E-state index < -0.39 is 5.92 Å². The van der Waals surface area contributed by atoms with Gasteiger partial charge < -0.3 is 24.0 Å². The minimum atomic E-state index is -0.393. The van der Waals surface area contributed by atoms with Crippen LogP contribution in [0.2, 0.25) is 0 Å². The zero-order chi connectivity index (χ0) is 39.4. The van der Waals surface area contributed by atoms with E-state index in [1.807, 2.05) is 6.92 Å². The molecule has 0 amide bonds. The molecule has 0 saturated carbocycles. The summed E-state index contributed by atoms with van der Waals surface area (Å²) in [7, 11) is 0. The maximum atomic E-state index is 13.1. The number of nitrogens with zero attached hydrogens (tertiary/aromatic N) is 2. The number of rotatable bonds is 29. The molecule has 1 atom stereocenters. The number of hydrogen-bond acceptors (Lipinski definition) is 8. The third-order valence-electron chi connectivity index (χ3n) is 11.2. The Hall–Kier alpha value is -2.45. The van der Waals surface area contributed by atoms with Crippen LogP contribution in [-0.2, 0) is 28.6 Å². The minimum absolute atomic E-state index is 0.0626. The normalized spacial score (nSPS) is 17.3. The molecule has 0 spiro atoms. The first-order valence-corrected chi connectivity index (χ1v) is 21.9. The first-order valence-electron chi connectivity index (χ1n) is 21.9. The molecule has 310 valence electrons. The lowest BCUT2D eigenvalue weighted by Crippen LogP contribution is -2.48. The molecule has 0 aromatic heterocycles. The van der Waals surface area contributed by atoms with Crippen molar-refractivity contribution in [3.05, 3.63) is 36.5 Å². The van der Waals surface area contributed by atoms with Gasteiger partial charge in [-0.2, -0.15) is 0 Å². The Morgan fingerprint density at radius 1 is 0.722 bits per heavy atom. The Morgan fingerprint density at radius 3 is 1.87 bits per heavy atom. The molecule has 8 nitrogen and oxygen atoms in total. The zero-order valence-corrected chi connectivity index (χ0v) is 35.4. The SMILES string of the molecule is C=C(C)CC(C)(C)CCCC(=O)OCC(COC(=O)CCCCCCC/C=C\C/C=C\CCCCC)COC(=O)C1CCN(C2CCN(CC)CC2)CC1. The number of hydrogen-bond donors (Lipinski definition) is 0. The molecule has 0 radical (unpaired) electrons. The quantitative estimate of drug-likeness (QED) is 0.0323. The summed E-state index contributed by atoms with van der Waals surface area (Å²) in [5.74, 6) is -1.23. The number of esters is 3. The van der Waals surface area contributed by atoms with E-state index in [-0.39, 0.29) is 49.1 Å². The van der Waals surface area contributed by atoms with Crippen molar-refractivity contribution in [3.63, 3.8) is 0 Å². The number of likely N-dealkylation sites (tertiary alicyclic amines) is 2. The number of ether oxygens (including phenoxy) is 3. The van der Waals surface area contributed by atoms with Crippen molar-refractivity contribution in [1.29, 1.82) is 0 Å². The van der Waals surface area contributed by atoms with Crippen LogP contribution in [0, 0.1) is 17.3 Å². The van der Waals surface area contributed by atoms with Crippen LogP contribution in [0.3, 0.4) is 0 Å². The van der Waals surface area contributed by atoms with Gasteiger partial charge in [-0.15, -0.1) is 6.58 Å². The van der Waals surface area contributed by atoms with Crippen molar-refractivity contribution >= 4 is 17.9 Å². The Balaban J connectivity index is 1.71. The maximum Gasteiger partial charge on any atom is 0.309 e. The molecule has 54 heavy (non-hydrogen) atoms. The summed E-state index contributed by atoms with van der Waals surface area (Å²) in [6.07, 6.45) is 28.8. The summed E-state index contributed by atoms with van der Waals surface area (Å²) in [6.45, 7) is 20.4. The van der Waals surface area contributed by atoms with Crippen LogP contribution in [0.5, 0.6) is 0 Å². The first kappa shape index (κ1) is 47.7. The summed E-state index contributed by atoms with van der Waals surface area (Å²) in [4.78, 5) is 43.5. The smallest absolute Gasteiger partial charge is 0.309 e. The van der Waals surface area contributed by atoms with E-state index in [2.05, 4.69) is 68.4 Å². The highest BCUT2D eigenvalue weighted by Crippen LogP contribution is 2.30. The summed E-state index contributed by atoms with van der Waals surface area (Å²) in [6, 6.07) is 0.612. The summed E-state index contributed by atoms with van der Waals surface area (Å²) in [5, 5.41) is 0. The lowest BCUT2D eigenvalue weighted by atomic mass is 9.82. The van der Waals surface area contributed by atoms with Crippen molar-refractivity contribution in [2.75, 3.05) is 52.5 Å². The Morgan fingerprint density at radius 2 is 1.28 bits per heavy atom. The number of carbonyl (C=O) groups excluding carboxylic acids is 3. The number of allylic oxidation sites excluding steroid dienone is 5. The molecule has 2 aliphatic heterocycles. The van der Waals surface area contributed by atoms with Gasteiger partial charge in [0.15, 0.2) is 0 Å². The predicted molar refractivity (Wildman–Crippen MR) is 222 cm³/mol. The van der Waals surface area contributed by atoms with Crippen molar-refractivity contribution in [2.45, 2.75) is 169 Å². The standard InChI is InChI=1S/C46H80N2O6/c1-7-9-10-11-12-13-14-15-16-17-18-19-20-21-22-24-43(49)52-36-40(37-53-44(50)25-23-30-46(5,6)35-39(3)4)38-54-45(51)41-26-33-48(34-27-41)42-28-31-47(8-2)32-29-42/h12-13,15-16,40-42H,3,7-11,14,17-38H2,1-2,4-6H3/b13-12-,16-15-. The van der Waals surface area contributed by atoms with Gasteiger partial charge in [0.25, 0.3) is 0 Å². The van der Waals surface area contributed by atoms with Crippen LogP contribution in [0.4, 0.5) is 0 Å². The zero-order valence-electron chi connectivity index (χ0n) is 35.4. The molecule has 0 aromatic rings. The maximum absolute atomic E-state index is 13.1. The molecule has 1 unspecified atom stereocenters. The molecule has 8 heteroatoms. The van der Waals surface area contributed by atoms with Crippen molar-refractivity contribution in [3.8, 4) is 0 Å². The first-order chi connectivity index (χ1) is 26.0. The summed E-state index contributed by atoms with van der Waals surface area (Å²) in [5.41, 5.74) is 1.23. The summed E-state index contributed by atoms with van der Waals surface area (Å²) >= 11 is 0. The fourth-order valence-electron chi connectivity index (χ4n) is 7.83. The Bertz CT molecular complexity index is 1100. The predicted octanol–water partition coefficient (Wildman–Crippen LogP) is 10.4. The molecular formula is C46H80N2O6. The third-order valence-corrected chi connectivity index (χ3v) is 11.2. The molecule has 0 aliphatic carbocycles. The van der Waals surface area contributed by atoms with Crippen LogP contribution in [0.1, 0.15) is 163 Å². The van der Waals surface area contributed by atoms with Crippen LogP contribution in [-0.4, -0.2) is 86.3 Å². The van der Waals surface area contributed by atoms with E-state index in [0.29, 0.717) is 18.9 Å². The van der Waals surface area contributed by atoms with E-state index in [9.17, 15) is 14.4 Å². The lowest BCUT2D eigenvalue weighted by molar-refractivity contribution is -0.156. The molecule has 2 aliphatic rings. The molecule has 0 aromatic carbocycles. The van der Waals surface area contributed by atoms with Crippen molar-refractivity contribution < 1.29 is 28.6 Å². The van der Waals surface area contributed by atoms with Crippen LogP contribution in [0.15, 0.2) is 36.5 Å².